The van der Waals surface area contributed by atoms with Crippen molar-refractivity contribution in [1.29, 1.82) is 0 Å². The number of anilines is 1. The molecule has 1 aromatic heterocycles. The Kier molecular flexibility index (Phi) is 3.60. The van der Waals surface area contributed by atoms with E-state index >= 15 is 0 Å². The van der Waals surface area contributed by atoms with Crippen LogP contribution in [0.25, 0.3) is 11.0 Å². The summed E-state index contributed by atoms with van der Waals surface area (Å²) in [6.07, 6.45) is 3.17. The van der Waals surface area contributed by atoms with E-state index in [4.69, 9.17) is 0 Å². The summed E-state index contributed by atoms with van der Waals surface area (Å²) in [5.41, 5.74) is 7.08. The molecule has 0 fully saturated rings. The third-order valence-electron chi connectivity index (χ3n) is 5.60. The second-order valence-electron chi connectivity index (χ2n) is 8.27. The molecule has 0 radical (unpaired) electrons. The number of carbonyl (C=O) groups excluding carboxylic acids is 1. The SMILES string of the molecule is CC1(C)CC(=O)C2=C(C1)Nc1ccc3[nH]cnc3c1C2c1cccc(Br)c1. The van der Waals surface area contributed by atoms with Gasteiger partial charge in [-0.3, -0.25) is 4.79 Å². The Hall–Kier alpha value is -2.40. The Labute approximate surface area is 166 Å². The van der Waals surface area contributed by atoms with Gasteiger partial charge in [0, 0.05) is 39.3 Å². The molecule has 27 heavy (non-hydrogen) atoms. The molecule has 2 aromatic carbocycles. The van der Waals surface area contributed by atoms with E-state index in [1.807, 2.05) is 18.2 Å². The number of fused-ring (bicyclic) bond motifs is 3. The predicted octanol–water partition coefficient (Wildman–Crippen LogP) is 5.53. The summed E-state index contributed by atoms with van der Waals surface area (Å²) < 4.78 is 1.01. The molecule has 0 amide bonds. The molecule has 1 aliphatic carbocycles. The topological polar surface area (TPSA) is 57.8 Å². The number of rotatable bonds is 1. The molecule has 0 saturated carbocycles. The molecule has 1 aliphatic heterocycles. The van der Waals surface area contributed by atoms with Crippen LogP contribution in [-0.4, -0.2) is 15.8 Å². The largest absolute Gasteiger partial charge is 0.358 e. The van der Waals surface area contributed by atoms with E-state index in [1.165, 1.54) is 0 Å². The fraction of sp³-hybridized carbons (Fsp3) is 0.273. The highest BCUT2D eigenvalue weighted by atomic mass is 79.9. The lowest BCUT2D eigenvalue weighted by molar-refractivity contribution is -0.118. The van der Waals surface area contributed by atoms with Crippen molar-refractivity contribution in [2.24, 2.45) is 5.41 Å². The normalized spacial score (nSPS) is 21.0. The van der Waals surface area contributed by atoms with Gasteiger partial charge in [-0.25, -0.2) is 4.98 Å². The summed E-state index contributed by atoms with van der Waals surface area (Å²) >= 11 is 3.59. The smallest absolute Gasteiger partial charge is 0.162 e. The number of aromatic amines is 1. The van der Waals surface area contributed by atoms with Crippen LogP contribution in [0.15, 0.2) is 58.5 Å². The summed E-state index contributed by atoms with van der Waals surface area (Å²) in [5.74, 6) is 0.126. The quantitative estimate of drug-likeness (QED) is 0.543. The fourth-order valence-corrected chi connectivity index (χ4v) is 4.96. The molecule has 136 valence electrons. The van der Waals surface area contributed by atoms with Gasteiger partial charge >= 0.3 is 0 Å². The van der Waals surface area contributed by atoms with Crippen molar-refractivity contribution in [3.05, 3.63) is 69.6 Å². The van der Waals surface area contributed by atoms with Crippen LogP contribution >= 0.6 is 15.9 Å². The van der Waals surface area contributed by atoms with Gasteiger partial charge in [0.05, 0.1) is 17.4 Å². The molecule has 0 spiro atoms. The number of nitrogens with one attached hydrogen (secondary N) is 2. The lowest BCUT2D eigenvalue weighted by Crippen LogP contribution is -2.33. The van der Waals surface area contributed by atoms with E-state index in [0.717, 1.165) is 50.0 Å². The van der Waals surface area contributed by atoms with Crippen molar-refractivity contribution in [3.63, 3.8) is 0 Å². The zero-order chi connectivity index (χ0) is 18.8. The van der Waals surface area contributed by atoms with Gasteiger partial charge in [-0.15, -0.1) is 0 Å². The van der Waals surface area contributed by atoms with Crippen LogP contribution in [0.2, 0.25) is 0 Å². The minimum Gasteiger partial charge on any atom is -0.358 e. The van der Waals surface area contributed by atoms with Gasteiger partial charge in [0.15, 0.2) is 5.78 Å². The molecule has 0 saturated heterocycles. The van der Waals surface area contributed by atoms with Crippen molar-refractivity contribution in [2.45, 2.75) is 32.6 Å². The van der Waals surface area contributed by atoms with Crippen LogP contribution in [0.1, 0.15) is 43.7 Å². The lowest BCUT2D eigenvalue weighted by atomic mass is 9.68. The number of H-pyrrole nitrogens is 1. The number of Topliss-reactive ketones (excluding diaryl/α,β-unsaturated/α-hetero) is 1. The Morgan fingerprint density at radius 2 is 2.04 bits per heavy atom. The molecule has 2 N–H and O–H groups in total. The summed E-state index contributed by atoms with van der Waals surface area (Å²) in [6.45, 7) is 4.33. The molecule has 0 bridgehead atoms. The van der Waals surface area contributed by atoms with E-state index in [0.29, 0.717) is 6.42 Å². The number of allylic oxidation sites excluding steroid dienone is 2. The van der Waals surface area contributed by atoms with E-state index in [-0.39, 0.29) is 17.1 Å². The van der Waals surface area contributed by atoms with E-state index in [1.54, 1.807) is 6.33 Å². The number of carbonyl (C=O) groups is 1. The maximum atomic E-state index is 13.3. The Bertz CT molecular complexity index is 1130. The summed E-state index contributed by atoms with van der Waals surface area (Å²) in [6, 6.07) is 12.4. The van der Waals surface area contributed by atoms with Crippen LogP contribution in [0.3, 0.4) is 0 Å². The zero-order valence-electron chi connectivity index (χ0n) is 15.3. The molecule has 5 rings (SSSR count). The maximum absolute atomic E-state index is 13.3. The van der Waals surface area contributed by atoms with Crippen LogP contribution in [0.5, 0.6) is 0 Å². The first-order valence-corrected chi connectivity index (χ1v) is 9.97. The average molecular weight is 422 g/mol. The lowest BCUT2D eigenvalue weighted by Gasteiger charge is -2.39. The van der Waals surface area contributed by atoms with Gasteiger partial charge < -0.3 is 10.3 Å². The molecule has 4 nitrogen and oxygen atoms in total. The first-order valence-electron chi connectivity index (χ1n) is 9.18. The molecule has 5 heteroatoms. The van der Waals surface area contributed by atoms with E-state index in [2.05, 4.69) is 63.3 Å². The summed E-state index contributed by atoms with van der Waals surface area (Å²) in [7, 11) is 0. The minimum absolute atomic E-state index is 0.0291. The van der Waals surface area contributed by atoms with Crippen LogP contribution in [0, 0.1) is 5.41 Å². The third-order valence-corrected chi connectivity index (χ3v) is 6.09. The van der Waals surface area contributed by atoms with Gasteiger partial charge in [0.2, 0.25) is 0 Å². The highest BCUT2D eigenvalue weighted by Gasteiger charge is 2.41. The number of hydrogen-bond donors (Lipinski definition) is 2. The maximum Gasteiger partial charge on any atom is 0.162 e. The fourth-order valence-electron chi connectivity index (χ4n) is 4.54. The van der Waals surface area contributed by atoms with Crippen LogP contribution in [0.4, 0.5) is 5.69 Å². The molecule has 2 aliphatic rings. The molecule has 2 heterocycles. The number of hydrogen-bond acceptors (Lipinski definition) is 3. The number of imidazole rings is 1. The minimum atomic E-state index is -0.107. The van der Waals surface area contributed by atoms with Crippen molar-refractivity contribution < 1.29 is 4.79 Å². The number of nitrogens with zero attached hydrogens (tertiary/aromatic N) is 1. The van der Waals surface area contributed by atoms with Gasteiger partial charge in [-0.05, 0) is 41.7 Å². The molecular weight excluding hydrogens is 402 g/mol. The summed E-state index contributed by atoms with van der Waals surface area (Å²) in [4.78, 5) is 21.0. The second kappa shape index (κ2) is 5.80. The first kappa shape index (κ1) is 16.8. The van der Waals surface area contributed by atoms with Gasteiger partial charge in [-0.1, -0.05) is 41.9 Å². The molecule has 1 unspecified atom stereocenters. The highest BCUT2D eigenvalue weighted by molar-refractivity contribution is 9.10. The van der Waals surface area contributed by atoms with Crippen molar-refractivity contribution in [3.8, 4) is 0 Å². The Morgan fingerprint density at radius 1 is 1.19 bits per heavy atom. The van der Waals surface area contributed by atoms with Crippen LogP contribution < -0.4 is 5.32 Å². The number of aromatic nitrogens is 2. The van der Waals surface area contributed by atoms with Crippen molar-refractivity contribution in [2.75, 3.05) is 5.32 Å². The van der Waals surface area contributed by atoms with Crippen molar-refractivity contribution >= 4 is 38.4 Å². The van der Waals surface area contributed by atoms with Gasteiger partial charge in [0.25, 0.3) is 0 Å². The molecular formula is C22H20BrN3O. The van der Waals surface area contributed by atoms with E-state index in [9.17, 15) is 4.79 Å². The first-order chi connectivity index (χ1) is 12.9. The highest BCUT2D eigenvalue weighted by Crippen LogP contribution is 2.50. The standard InChI is InChI=1S/C22H20BrN3O/c1-22(2)9-16-19(17(27)10-22)18(12-4-3-5-13(23)8-12)20-14(26-16)6-7-15-21(20)25-11-24-15/h3-8,11,18,26H,9-10H2,1-2H3,(H,24,25). The van der Waals surface area contributed by atoms with E-state index < -0.39 is 0 Å². The second-order valence-corrected chi connectivity index (χ2v) is 9.19. The number of ketones is 1. The molecule has 1 atom stereocenters. The molecule has 3 aromatic rings. The zero-order valence-corrected chi connectivity index (χ0v) is 16.9. The van der Waals surface area contributed by atoms with Gasteiger partial charge in [0.1, 0.15) is 0 Å². The third kappa shape index (κ3) is 2.64. The average Bonchev–Trinajstić information content (AvgIpc) is 3.07. The Morgan fingerprint density at radius 3 is 2.85 bits per heavy atom. The predicted molar refractivity (Wildman–Crippen MR) is 111 cm³/mol. The monoisotopic (exact) mass is 421 g/mol. The van der Waals surface area contributed by atoms with Crippen LogP contribution in [-0.2, 0) is 4.79 Å². The van der Waals surface area contributed by atoms with Crippen molar-refractivity contribution in [1.82, 2.24) is 9.97 Å². The number of halogens is 1. The Balaban J connectivity index is 1.82. The van der Waals surface area contributed by atoms with Gasteiger partial charge in [-0.2, -0.15) is 0 Å². The number of benzene rings is 2. The summed E-state index contributed by atoms with van der Waals surface area (Å²) in [5, 5.41) is 3.57.